The lowest BCUT2D eigenvalue weighted by Crippen LogP contribution is -1.98. The molecule has 0 saturated carbocycles. The molecule has 0 saturated heterocycles. The minimum absolute atomic E-state index is 0.843. The van der Waals surface area contributed by atoms with Crippen LogP contribution in [-0.2, 0) is 12.8 Å². The summed E-state index contributed by atoms with van der Waals surface area (Å²) in [6.07, 6.45) is 15.7. The van der Waals surface area contributed by atoms with Gasteiger partial charge >= 0.3 is 0 Å². The summed E-state index contributed by atoms with van der Waals surface area (Å²) in [4.78, 5) is 0. The van der Waals surface area contributed by atoms with Crippen LogP contribution in [0.1, 0.15) is 75.3 Å². The number of ether oxygens (including phenoxy) is 1. The molecule has 0 amide bonds. The third kappa shape index (κ3) is 10.9. The number of aryl methyl sites for hydroxylation is 2. The highest BCUT2D eigenvalue weighted by Crippen LogP contribution is 2.15. The van der Waals surface area contributed by atoms with Crippen LogP contribution in [0.5, 0.6) is 5.75 Å². The summed E-state index contributed by atoms with van der Waals surface area (Å²) < 4.78 is 5.90. The summed E-state index contributed by atoms with van der Waals surface area (Å²) in [5.74, 6) is 1.01. The Bertz CT molecular complexity index is 594. The van der Waals surface area contributed by atoms with Crippen LogP contribution in [0.2, 0.25) is 0 Å². The summed E-state index contributed by atoms with van der Waals surface area (Å²) >= 11 is 3.50. The maximum Gasteiger partial charge on any atom is 0.119 e. The van der Waals surface area contributed by atoms with Gasteiger partial charge in [-0.3, -0.25) is 0 Å². The summed E-state index contributed by atoms with van der Waals surface area (Å²) in [5, 5.41) is 1.16. The topological polar surface area (TPSA) is 9.23 Å². The van der Waals surface area contributed by atoms with Crippen LogP contribution in [0, 0.1) is 0 Å². The lowest BCUT2D eigenvalue weighted by molar-refractivity contribution is 0.304. The molecule has 0 spiro atoms. The average Bonchev–Trinajstić information content (AvgIpc) is 2.74. The minimum atomic E-state index is 0.843. The van der Waals surface area contributed by atoms with E-state index in [2.05, 4.69) is 70.5 Å². The summed E-state index contributed by atoms with van der Waals surface area (Å²) in [6.45, 7) is 0.843. The van der Waals surface area contributed by atoms with Crippen LogP contribution in [0.25, 0.3) is 0 Å². The lowest BCUT2D eigenvalue weighted by Gasteiger charge is -2.08. The quantitative estimate of drug-likeness (QED) is 0.187. The molecule has 0 N–H and O–H groups in total. The van der Waals surface area contributed by atoms with Gasteiger partial charge in [-0.2, -0.15) is 0 Å². The molecule has 1 nitrogen and oxygen atoms in total. The van der Waals surface area contributed by atoms with Gasteiger partial charge in [-0.1, -0.05) is 110 Å². The van der Waals surface area contributed by atoms with E-state index in [0.29, 0.717) is 0 Å². The molecular formula is C26H37BrO. The van der Waals surface area contributed by atoms with E-state index in [-0.39, 0.29) is 0 Å². The summed E-state index contributed by atoms with van der Waals surface area (Å²) in [5.41, 5.74) is 2.78. The fourth-order valence-electron chi connectivity index (χ4n) is 3.49. The van der Waals surface area contributed by atoms with Gasteiger partial charge in [-0.15, -0.1) is 0 Å². The first-order chi connectivity index (χ1) is 13.9. The van der Waals surface area contributed by atoms with Crippen LogP contribution >= 0.6 is 15.9 Å². The first-order valence-electron chi connectivity index (χ1n) is 11.2. The average molecular weight is 445 g/mol. The number of benzene rings is 2. The van der Waals surface area contributed by atoms with Crippen molar-refractivity contribution in [1.82, 2.24) is 0 Å². The Morgan fingerprint density at radius 2 is 1.04 bits per heavy atom. The smallest absolute Gasteiger partial charge is 0.119 e. The van der Waals surface area contributed by atoms with Gasteiger partial charge in [-0.25, -0.2) is 0 Å². The van der Waals surface area contributed by atoms with Gasteiger partial charge in [-0.05, 0) is 48.9 Å². The van der Waals surface area contributed by atoms with Crippen LogP contribution in [0.15, 0.2) is 54.6 Å². The number of alkyl halides is 1. The third-order valence-corrected chi connectivity index (χ3v) is 5.83. The minimum Gasteiger partial charge on any atom is -0.494 e. The van der Waals surface area contributed by atoms with Crippen LogP contribution < -0.4 is 4.74 Å². The highest BCUT2D eigenvalue weighted by Gasteiger charge is 1.98. The second-order valence-corrected chi connectivity index (χ2v) is 8.50. The molecule has 2 aromatic carbocycles. The molecule has 0 fully saturated rings. The molecule has 154 valence electrons. The van der Waals surface area contributed by atoms with Crippen molar-refractivity contribution in [2.45, 2.75) is 77.0 Å². The Labute approximate surface area is 181 Å². The van der Waals surface area contributed by atoms with Crippen LogP contribution in [-0.4, -0.2) is 11.9 Å². The monoisotopic (exact) mass is 444 g/mol. The number of halogens is 1. The maximum absolute atomic E-state index is 5.90. The van der Waals surface area contributed by atoms with E-state index in [1.165, 1.54) is 75.3 Å². The predicted molar refractivity (Wildman–Crippen MR) is 126 cm³/mol. The van der Waals surface area contributed by atoms with Crippen molar-refractivity contribution in [1.29, 1.82) is 0 Å². The lowest BCUT2D eigenvalue weighted by atomic mass is 10.0. The summed E-state index contributed by atoms with van der Waals surface area (Å²) in [7, 11) is 0. The third-order valence-electron chi connectivity index (χ3n) is 5.27. The van der Waals surface area contributed by atoms with Gasteiger partial charge in [0.1, 0.15) is 5.75 Å². The van der Waals surface area contributed by atoms with Crippen molar-refractivity contribution >= 4 is 15.9 Å². The zero-order valence-corrected chi connectivity index (χ0v) is 19.0. The Hall–Kier alpha value is -1.28. The second kappa shape index (κ2) is 15.6. The fourth-order valence-corrected chi connectivity index (χ4v) is 3.88. The van der Waals surface area contributed by atoms with Crippen molar-refractivity contribution < 1.29 is 4.74 Å². The first kappa shape index (κ1) is 23.0. The predicted octanol–water partition coefficient (Wildman–Crippen LogP) is 8.15. The molecule has 28 heavy (non-hydrogen) atoms. The molecule has 2 aromatic rings. The van der Waals surface area contributed by atoms with Gasteiger partial charge in [0.15, 0.2) is 0 Å². The molecule has 0 bridgehead atoms. The standard InChI is InChI=1S/C26H37BrO/c27-22-12-7-5-3-1-2-4-6-8-13-23-28-26-20-18-25(19-21-26)17-16-24-14-10-9-11-15-24/h9-11,14-15,18-21H,1-8,12-13,16-17,22-23H2. The molecule has 0 atom stereocenters. The normalized spacial score (nSPS) is 10.9. The van der Waals surface area contributed by atoms with Gasteiger partial charge in [0, 0.05) is 5.33 Å². The van der Waals surface area contributed by atoms with E-state index in [1.807, 2.05) is 0 Å². The number of hydrogen-bond acceptors (Lipinski definition) is 1. The zero-order chi connectivity index (χ0) is 19.7. The Morgan fingerprint density at radius 3 is 1.61 bits per heavy atom. The van der Waals surface area contributed by atoms with Crippen LogP contribution in [0.3, 0.4) is 0 Å². The molecule has 0 unspecified atom stereocenters. The van der Waals surface area contributed by atoms with E-state index in [9.17, 15) is 0 Å². The molecule has 0 aromatic heterocycles. The molecule has 2 heteroatoms. The fraction of sp³-hybridized carbons (Fsp3) is 0.538. The number of unbranched alkanes of at least 4 members (excludes halogenated alkanes) is 9. The van der Waals surface area contributed by atoms with Crippen molar-refractivity contribution in [3.8, 4) is 5.75 Å². The van der Waals surface area contributed by atoms with E-state index in [4.69, 9.17) is 4.74 Å². The summed E-state index contributed by atoms with van der Waals surface area (Å²) in [6, 6.07) is 19.3. The molecule has 0 aliphatic heterocycles. The van der Waals surface area contributed by atoms with Crippen LogP contribution in [0.4, 0.5) is 0 Å². The molecular weight excluding hydrogens is 408 g/mol. The SMILES string of the molecule is BrCCCCCCCCCCCCOc1ccc(CCc2ccccc2)cc1. The van der Waals surface area contributed by atoms with Crippen molar-refractivity contribution in [3.63, 3.8) is 0 Å². The van der Waals surface area contributed by atoms with E-state index >= 15 is 0 Å². The Balaban J connectivity index is 1.45. The molecule has 2 rings (SSSR count). The zero-order valence-electron chi connectivity index (χ0n) is 17.4. The highest BCUT2D eigenvalue weighted by atomic mass is 79.9. The van der Waals surface area contributed by atoms with E-state index in [1.54, 1.807) is 0 Å². The van der Waals surface area contributed by atoms with Gasteiger partial charge in [0.2, 0.25) is 0 Å². The molecule has 0 radical (unpaired) electrons. The van der Waals surface area contributed by atoms with Gasteiger partial charge in [0.05, 0.1) is 6.61 Å². The van der Waals surface area contributed by atoms with Crippen molar-refractivity contribution in [2.24, 2.45) is 0 Å². The Kier molecular flexibility index (Phi) is 12.8. The molecule has 0 heterocycles. The molecule has 0 aliphatic rings. The molecule has 0 aliphatic carbocycles. The van der Waals surface area contributed by atoms with Crippen molar-refractivity contribution in [3.05, 3.63) is 65.7 Å². The van der Waals surface area contributed by atoms with Gasteiger partial charge in [0.25, 0.3) is 0 Å². The number of rotatable bonds is 16. The number of hydrogen-bond donors (Lipinski definition) is 0. The highest BCUT2D eigenvalue weighted by molar-refractivity contribution is 9.09. The van der Waals surface area contributed by atoms with E-state index < -0.39 is 0 Å². The Morgan fingerprint density at radius 1 is 0.536 bits per heavy atom. The first-order valence-corrected chi connectivity index (χ1v) is 12.3. The second-order valence-electron chi connectivity index (χ2n) is 7.70. The maximum atomic E-state index is 5.90. The van der Waals surface area contributed by atoms with Gasteiger partial charge < -0.3 is 4.74 Å². The van der Waals surface area contributed by atoms with E-state index in [0.717, 1.165) is 30.5 Å². The van der Waals surface area contributed by atoms with Crippen molar-refractivity contribution in [2.75, 3.05) is 11.9 Å². The largest absolute Gasteiger partial charge is 0.494 e.